The summed E-state index contributed by atoms with van der Waals surface area (Å²) in [7, 11) is 0. The van der Waals surface area contributed by atoms with Crippen molar-refractivity contribution in [1.29, 1.82) is 0 Å². The number of aromatic nitrogens is 2. The lowest BCUT2D eigenvalue weighted by molar-refractivity contribution is -0.124. The summed E-state index contributed by atoms with van der Waals surface area (Å²) in [6.07, 6.45) is 1.96. The molecule has 2 atom stereocenters. The second kappa shape index (κ2) is 7.33. The first-order valence-electron chi connectivity index (χ1n) is 8.73. The van der Waals surface area contributed by atoms with E-state index in [1.807, 2.05) is 19.9 Å². The van der Waals surface area contributed by atoms with Gasteiger partial charge in [0.25, 0.3) is 5.56 Å². The van der Waals surface area contributed by atoms with Crippen molar-refractivity contribution >= 4 is 11.6 Å². The fraction of sp³-hybridized carbons (Fsp3) is 0.500. The van der Waals surface area contributed by atoms with Crippen molar-refractivity contribution in [1.82, 2.24) is 15.1 Å². The smallest absolute Gasteiger partial charge is 0.290 e. The van der Waals surface area contributed by atoms with Crippen LogP contribution in [0.3, 0.4) is 0 Å². The Bertz CT molecular complexity index is 865. The molecule has 0 aliphatic carbocycles. The fourth-order valence-electron chi connectivity index (χ4n) is 3.09. The minimum atomic E-state index is -0.792. The standard InChI is InChI=1S/C18H24N4O4/c1-10-7-14(12(3)26-10)16-8-15(19)18(24)22(21-16)11(2)17(23)20-9-13-5-4-6-25-13/h7-8,11,13H,4-6,9,19H2,1-3H3,(H,20,23). The van der Waals surface area contributed by atoms with Crippen LogP contribution in [0.5, 0.6) is 0 Å². The molecular weight excluding hydrogens is 336 g/mol. The van der Waals surface area contributed by atoms with Crippen molar-refractivity contribution in [3.63, 3.8) is 0 Å². The number of hydrogen-bond donors (Lipinski definition) is 2. The van der Waals surface area contributed by atoms with Gasteiger partial charge in [-0.3, -0.25) is 9.59 Å². The van der Waals surface area contributed by atoms with E-state index in [0.29, 0.717) is 18.0 Å². The summed E-state index contributed by atoms with van der Waals surface area (Å²) in [6.45, 7) is 6.41. The highest BCUT2D eigenvalue weighted by Gasteiger charge is 2.23. The van der Waals surface area contributed by atoms with Crippen LogP contribution in [0.1, 0.15) is 37.3 Å². The molecule has 3 heterocycles. The largest absolute Gasteiger partial charge is 0.466 e. The molecule has 3 rings (SSSR count). The number of hydrogen-bond acceptors (Lipinski definition) is 6. The van der Waals surface area contributed by atoms with Crippen LogP contribution in [0.15, 0.2) is 21.3 Å². The summed E-state index contributed by atoms with van der Waals surface area (Å²) in [5, 5.41) is 7.17. The van der Waals surface area contributed by atoms with Crippen LogP contribution in [-0.2, 0) is 9.53 Å². The predicted octanol–water partition coefficient (Wildman–Crippen LogP) is 1.56. The lowest BCUT2D eigenvalue weighted by Gasteiger charge is -2.17. The van der Waals surface area contributed by atoms with Crippen LogP contribution in [-0.4, -0.2) is 34.9 Å². The molecule has 1 fully saturated rings. The molecule has 8 nitrogen and oxygen atoms in total. The lowest BCUT2D eigenvalue weighted by Crippen LogP contribution is -2.40. The summed E-state index contributed by atoms with van der Waals surface area (Å²) >= 11 is 0. The van der Waals surface area contributed by atoms with Gasteiger partial charge in [-0.2, -0.15) is 5.10 Å². The molecule has 26 heavy (non-hydrogen) atoms. The Kier molecular flexibility index (Phi) is 5.13. The van der Waals surface area contributed by atoms with Gasteiger partial charge < -0.3 is 20.2 Å². The third-order valence-electron chi connectivity index (χ3n) is 4.55. The first-order valence-corrected chi connectivity index (χ1v) is 8.73. The Morgan fingerprint density at radius 1 is 1.46 bits per heavy atom. The van der Waals surface area contributed by atoms with E-state index in [0.717, 1.165) is 35.5 Å². The van der Waals surface area contributed by atoms with Gasteiger partial charge in [0.15, 0.2) is 0 Å². The summed E-state index contributed by atoms with van der Waals surface area (Å²) in [5.41, 5.74) is 6.65. The monoisotopic (exact) mass is 360 g/mol. The van der Waals surface area contributed by atoms with Crippen LogP contribution in [0.2, 0.25) is 0 Å². The minimum absolute atomic E-state index is 0.0313. The number of nitrogen functional groups attached to an aromatic ring is 1. The maximum atomic E-state index is 12.5. The molecule has 3 N–H and O–H groups in total. The average molecular weight is 360 g/mol. The number of nitrogens with one attached hydrogen (secondary N) is 1. The van der Waals surface area contributed by atoms with Crippen LogP contribution in [0, 0.1) is 13.8 Å². The van der Waals surface area contributed by atoms with Crippen molar-refractivity contribution in [2.24, 2.45) is 0 Å². The van der Waals surface area contributed by atoms with Gasteiger partial charge in [-0.1, -0.05) is 0 Å². The molecule has 0 aromatic carbocycles. The first-order chi connectivity index (χ1) is 12.4. The quantitative estimate of drug-likeness (QED) is 0.837. The molecule has 1 aliphatic rings. The number of nitrogens with zero attached hydrogens (tertiary/aromatic N) is 2. The Balaban J connectivity index is 1.84. The molecule has 0 spiro atoms. The minimum Gasteiger partial charge on any atom is -0.466 e. The Morgan fingerprint density at radius 2 is 2.23 bits per heavy atom. The number of carbonyl (C=O) groups excluding carboxylic acids is 1. The second-order valence-electron chi connectivity index (χ2n) is 6.62. The van der Waals surface area contributed by atoms with Crippen LogP contribution >= 0.6 is 0 Å². The molecule has 2 aromatic heterocycles. The third-order valence-corrected chi connectivity index (χ3v) is 4.55. The average Bonchev–Trinajstić information content (AvgIpc) is 3.23. The Labute approximate surface area is 151 Å². The van der Waals surface area contributed by atoms with Crippen molar-refractivity contribution in [3.8, 4) is 11.3 Å². The summed E-state index contributed by atoms with van der Waals surface area (Å²) < 4.78 is 12.1. The van der Waals surface area contributed by atoms with E-state index in [1.54, 1.807) is 6.92 Å². The molecule has 140 valence electrons. The number of ether oxygens (including phenoxy) is 1. The van der Waals surface area contributed by atoms with Gasteiger partial charge in [0, 0.05) is 18.7 Å². The molecule has 1 aliphatic heterocycles. The van der Waals surface area contributed by atoms with Crippen LogP contribution in [0.25, 0.3) is 11.3 Å². The molecule has 8 heteroatoms. The number of aryl methyl sites for hydroxylation is 2. The van der Waals surface area contributed by atoms with Gasteiger partial charge in [-0.05, 0) is 45.7 Å². The first kappa shape index (κ1) is 18.2. The number of nitrogens with two attached hydrogens (primary N) is 1. The van der Waals surface area contributed by atoms with E-state index in [9.17, 15) is 9.59 Å². The number of amides is 1. The number of carbonyl (C=O) groups is 1. The molecule has 1 amide bonds. The maximum absolute atomic E-state index is 12.5. The fourth-order valence-corrected chi connectivity index (χ4v) is 3.09. The SMILES string of the molecule is Cc1cc(-c2cc(N)c(=O)n(C(C)C(=O)NCC3CCCO3)n2)c(C)o1. The molecule has 2 unspecified atom stereocenters. The van der Waals surface area contributed by atoms with Crippen molar-refractivity contribution in [3.05, 3.63) is 34.0 Å². The zero-order chi connectivity index (χ0) is 18.8. The molecular formula is C18H24N4O4. The van der Waals surface area contributed by atoms with Crippen molar-refractivity contribution < 1.29 is 13.9 Å². The second-order valence-corrected chi connectivity index (χ2v) is 6.62. The van der Waals surface area contributed by atoms with Gasteiger partial charge in [0.1, 0.15) is 23.2 Å². The number of rotatable bonds is 5. The van der Waals surface area contributed by atoms with E-state index >= 15 is 0 Å². The van der Waals surface area contributed by atoms with E-state index in [2.05, 4.69) is 10.4 Å². The van der Waals surface area contributed by atoms with Gasteiger partial charge in [0.2, 0.25) is 5.91 Å². The Hall–Kier alpha value is -2.61. The van der Waals surface area contributed by atoms with Gasteiger partial charge in [-0.15, -0.1) is 0 Å². The molecule has 1 saturated heterocycles. The van der Waals surface area contributed by atoms with E-state index in [-0.39, 0.29) is 17.7 Å². The predicted molar refractivity (Wildman–Crippen MR) is 96.8 cm³/mol. The molecule has 2 aromatic rings. The topological polar surface area (TPSA) is 112 Å². The third kappa shape index (κ3) is 3.65. The molecule has 0 radical (unpaired) electrons. The van der Waals surface area contributed by atoms with E-state index in [4.69, 9.17) is 14.9 Å². The highest BCUT2D eigenvalue weighted by molar-refractivity contribution is 5.80. The van der Waals surface area contributed by atoms with Crippen LogP contribution < -0.4 is 16.6 Å². The van der Waals surface area contributed by atoms with Gasteiger partial charge in [0.05, 0.1) is 11.8 Å². The molecule has 0 bridgehead atoms. The summed E-state index contributed by atoms with van der Waals surface area (Å²) in [5.74, 6) is 1.11. The van der Waals surface area contributed by atoms with Crippen molar-refractivity contribution in [2.45, 2.75) is 45.8 Å². The van der Waals surface area contributed by atoms with Crippen LogP contribution in [0.4, 0.5) is 5.69 Å². The van der Waals surface area contributed by atoms with Gasteiger partial charge in [-0.25, -0.2) is 4.68 Å². The van der Waals surface area contributed by atoms with E-state index < -0.39 is 11.6 Å². The normalized spacial score (nSPS) is 18.0. The van der Waals surface area contributed by atoms with Gasteiger partial charge >= 0.3 is 0 Å². The number of anilines is 1. The summed E-state index contributed by atoms with van der Waals surface area (Å²) in [4.78, 5) is 24.9. The highest BCUT2D eigenvalue weighted by Crippen LogP contribution is 2.25. The zero-order valence-electron chi connectivity index (χ0n) is 15.2. The molecule has 0 saturated carbocycles. The maximum Gasteiger partial charge on any atom is 0.290 e. The lowest BCUT2D eigenvalue weighted by atomic mass is 10.1. The number of furan rings is 1. The van der Waals surface area contributed by atoms with E-state index in [1.165, 1.54) is 6.07 Å². The highest BCUT2D eigenvalue weighted by atomic mass is 16.5. The van der Waals surface area contributed by atoms with Crippen molar-refractivity contribution in [2.75, 3.05) is 18.9 Å². The Morgan fingerprint density at radius 3 is 2.85 bits per heavy atom. The zero-order valence-corrected chi connectivity index (χ0v) is 15.2. The summed E-state index contributed by atoms with van der Waals surface area (Å²) in [6, 6.07) is 2.54.